The van der Waals surface area contributed by atoms with Gasteiger partial charge in [0.1, 0.15) is 5.60 Å². The number of ether oxygens (including phenoxy) is 2. The van der Waals surface area contributed by atoms with Crippen LogP contribution in [0.25, 0.3) is 10.9 Å². The summed E-state index contributed by atoms with van der Waals surface area (Å²) in [5, 5.41) is 4.50. The summed E-state index contributed by atoms with van der Waals surface area (Å²) in [7, 11) is 0. The van der Waals surface area contributed by atoms with E-state index in [2.05, 4.69) is 21.0 Å². The van der Waals surface area contributed by atoms with Gasteiger partial charge in [-0.3, -0.25) is 9.69 Å². The van der Waals surface area contributed by atoms with Gasteiger partial charge in [-0.2, -0.15) is 5.10 Å². The average molecular weight is 572 g/mol. The van der Waals surface area contributed by atoms with E-state index in [1.807, 2.05) is 13.8 Å². The van der Waals surface area contributed by atoms with Gasteiger partial charge in [0.15, 0.2) is 5.78 Å². The highest BCUT2D eigenvalue weighted by molar-refractivity contribution is 9.10. The Kier molecular flexibility index (Phi) is 7.83. The summed E-state index contributed by atoms with van der Waals surface area (Å²) in [6.45, 7) is 12.1. The third-order valence-electron chi connectivity index (χ3n) is 6.23. The lowest BCUT2D eigenvalue weighted by atomic mass is 10.0. The molecule has 1 aliphatic heterocycles. The molecule has 1 fully saturated rings. The van der Waals surface area contributed by atoms with E-state index in [0.717, 1.165) is 4.68 Å². The van der Waals surface area contributed by atoms with E-state index >= 15 is 0 Å². The van der Waals surface area contributed by atoms with E-state index < -0.39 is 47.5 Å². The highest BCUT2D eigenvalue weighted by atomic mass is 79.9. The summed E-state index contributed by atoms with van der Waals surface area (Å²) in [5.74, 6) is -1.49. The number of likely N-dealkylation sites (tertiary alicyclic amines) is 1. The first-order chi connectivity index (χ1) is 16.6. The largest absolute Gasteiger partial charge is 0.464 e. The van der Waals surface area contributed by atoms with Crippen molar-refractivity contribution in [2.75, 3.05) is 6.61 Å². The molecule has 0 N–H and O–H groups in total. The molecule has 1 aromatic carbocycles. The Hall–Kier alpha value is -2.56. The Balaban J connectivity index is 2.12. The van der Waals surface area contributed by atoms with E-state index in [0.29, 0.717) is 22.9 Å². The van der Waals surface area contributed by atoms with Crippen molar-refractivity contribution in [2.45, 2.75) is 91.0 Å². The number of benzene rings is 1. The zero-order valence-electron chi connectivity index (χ0n) is 21.5. The van der Waals surface area contributed by atoms with E-state index in [4.69, 9.17) is 9.47 Å². The molecule has 198 valence electrons. The third kappa shape index (κ3) is 5.40. The van der Waals surface area contributed by atoms with E-state index in [1.54, 1.807) is 34.6 Å². The number of hydrogen-bond donors (Lipinski definition) is 0. The molecule has 3 rings (SSSR count). The van der Waals surface area contributed by atoms with Crippen molar-refractivity contribution in [3.05, 3.63) is 27.9 Å². The van der Waals surface area contributed by atoms with Gasteiger partial charge in [-0.05, 0) is 72.9 Å². The molecule has 8 nitrogen and oxygen atoms in total. The lowest BCUT2D eigenvalue weighted by Gasteiger charge is -2.37. The molecular formula is C25H32BrF2N3O5. The molecule has 1 aromatic heterocycles. The van der Waals surface area contributed by atoms with E-state index in [1.165, 1.54) is 17.2 Å². The molecule has 0 radical (unpaired) electrons. The van der Waals surface area contributed by atoms with Crippen LogP contribution in [-0.2, 0) is 19.1 Å². The van der Waals surface area contributed by atoms with Crippen molar-refractivity contribution in [3.8, 4) is 0 Å². The number of halogens is 3. The number of nitrogens with zero attached hydrogens (tertiary/aromatic N) is 3. The first-order valence-electron chi connectivity index (χ1n) is 11.8. The second kappa shape index (κ2) is 10.1. The van der Waals surface area contributed by atoms with Crippen LogP contribution in [-0.4, -0.2) is 56.3 Å². The van der Waals surface area contributed by atoms with Gasteiger partial charge >= 0.3 is 12.1 Å². The van der Waals surface area contributed by atoms with Gasteiger partial charge in [-0.15, -0.1) is 0 Å². The summed E-state index contributed by atoms with van der Waals surface area (Å²) < 4.78 is 39.8. The maximum atomic E-state index is 13.9. The summed E-state index contributed by atoms with van der Waals surface area (Å²) in [5.41, 5.74) is -0.958. The van der Waals surface area contributed by atoms with Gasteiger partial charge in [0.25, 0.3) is 6.43 Å². The highest BCUT2D eigenvalue weighted by Gasteiger charge is 2.50. The second-order valence-corrected chi connectivity index (χ2v) is 11.4. The van der Waals surface area contributed by atoms with Crippen LogP contribution in [0.2, 0.25) is 0 Å². The van der Waals surface area contributed by atoms with Gasteiger partial charge in [0.05, 0.1) is 18.2 Å². The van der Waals surface area contributed by atoms with E-state index in [9.17, 15) is 23.2 Å². The topological polar surface area (TPSA) is 90.7 Å². The van der Waals surface area contributed by atoms with Crippen LogP contribution in [0.1, 0.15) is 78.0 Å². The van der Waals surface area contributed by atoms with Crippen molar-refractivity contribution in [2.24, 2.45) is 0 Å². The Morgan fingerprint density at radius 1 is 1.28 bits per heavy atom. The molecule has 2 atom stereocenters. The van der Waals surface area contributed by atoms with Gasteiger partial charge in [-0.25, -0.2) is 23.1 Å². The third-order valence-corrected chi connectivity index (χ3v) is 7.05. The number of amides is 1. The lowest BCUT2D eigenvalue weighted by Crippen LogP contribution is -2.53. The summed E-state index contributed by atoms with van der Waals surface area (Å²) in [4.78, 5) is 41.4. The minimum Gasteiger partial charge on any atom is -0.464 e. The van der Waals surface area contributed by atoms with Crippen LogP contribution in [0.4, 0.5) is 13.6 Å². The average Bonchev–Trinajstić information content (AvgIpc) is 3.30. The molecule has 1 amide bonds. The quantitative estimate of drug-likeness (QED) is 0.317. The molecule has 2 heterocycles. The molecule has 2 unspecified atom stereocenters. The minimum atomic E-state index is -2.79. The highest BCUT2D eigenvalue weighted by Crippen LogP contribution is 2.38. The Morgan fingerprint density at radius 2 is 1.92 bits per heavy atom. The lowest BCUT2D eigenvalue weighted by molar-refractivity contribution is -0.152. The fourth-order valence-electron chi connectivity index (χ4n) is 4.50. The number of aryl methyl sites for hydroxylation is 1. The number of aromatic nitrogens is 2. The number of Topliss-reactive ketones (excluding diaryl/α,β-unsaturated/α-hetero) is 1. The Bertz CT molecular complexity index is 1190. The molecule has 0 spiro atoms. The molecule has 11 heteroatoms. The number of rotatable bonds is 6. The van der Waals surface area contributed by atoms with Crippen molar-refractivity contribution in [3.63, 3.8) is 0 Å². The first kappa shape index (κ1) is 28.0. The SMILES string of the molecule is CCOC(=O)C(C(=O)C1CCC(C)(C)N1C(=O)OC(C)(C)C)n1cc2c(C(F)F)cc(Br)c(C)c2n1. The zero-order chi connectivity index (χ0) is 27.2. The predicted molar refractivity (Wildman–Crippen MR) is 133 cm³/mol. The van der Waals surface area contributed by atoms with Crippen LogP contribution in [0, 0.1) is 6.92 Å². The van der Waals surface area contributed by atoms with Gasteiger partial charge in [0.2, 0.25) is 6.04 Å². The zero-order valence-corrected chi connectivity index (χ0v) is 23.1. The van der Waals surface area contributed by atoms with Crippen molar-refractivity contribution in [1.29, 1.82) is 0 Å². The van der Waals surface area contributed by atoms with Gasteiger partial charge in [0, 0.05) is 27.2 Å². The predicted octanol–water partition coefficient (Wildman–Crippen LogP) is 5.90. The minimum absolute atomic E-state index is 0.00218. The number of carbonyl (C=O) groups is 3. The molecule has 2 aromatic rings. The first-order valence-corrected chi connectivity index (χ1v) is 12.6. The Morgan fingerprint density at radius 3 is 2.47 bits per heavy atom. The van der Waals surface area contributed by atoms with Crippen LogP contribution >= 0.6 is 15.9 Å². The van der Waals surface area contributed by atoms with Gasteiger partial charge in [-0.1, -0.05) is 15.9 Å². The maximum Gasteiger partial charge on any atom is 0.411 e. The molecule has 36 heavy (non-hydrogen) atoms. The molecule has 0 saturated carbocycles. The number of alkyl halides is 2. The fourth-order valence-corrected chi connectivity index (χ4v) is 4.94. The number of hydrogen-bond acceptors (Lipinski definition) is 6. The number of ketones is 1. The molecule has 1 saturated heterocycles. The number of fused-ring (bicyclic) bond motifs is 1. The van der Waals surface area contributed by atoms with E-state index in [-0.39, 0.29) is 23.1 Å². The van der Waals surface area contributed by atoms with Crippen molar-refractivity contribution >= 4 is 44.7 Å². The van der Waals surface area contributed by atoms with Gasteiger partial charge < -0.3 is 9.47 Å². The number of carbonyl (C=O) groups excluding carboxylic acids is 3. The monoisotopic (exact) mass is 571 g/mol. The fraction of sp³-hybridized carbons (Fsp3) is 0.600. The smallest absolute Gasteiger partial charge is 0.411 e. The maximum absolute atomic E-state index is 13.9. The van der Waals surface area contributed by atoms with Crippen molar-refractivity contribution in [1.82, 2.24) is 14.7 Å². The molecule has 1 aliphatic rings. The van der Waals surface area contributed by atoms with Crippen molar-refractivity contribution < 1.29 is 32.6 Å². The summed E-state index contributed by atoms with van der Waals surface area (Å²) in [6.07, 6.45) is -1.39. The van der Waals surface area contributed by atoms with Crippen LogP contribution in [0.5, 0.6) is 0 Å². The van der Waals surface area contributed by atoms with Crippen LogP contribution < -0.4 is 0 Å². The summed E-state index contributed by atoms with van der Waals surface area (Å²) >= 11 is 3.28. The standard InChI is InChI=1S/C25H32BrF2N3O5/c1-8-35-22(33)19(30-12-15-14(21(27)28)11-16(26)13(2)18(15)29-30)20(32)17-9-10-25(6,7)31(17)23(34)36-24(3,4)5/h11-12,17,19,21H,8-10H2,1-7H3. The second-order valence-electron chi connectivity index (χ2n) is 10.5. The molecule has 0 bridgehead atoms. The van der Waals surface area contributed by atoms with Crippen LogP contribution in [0.3, 0.4) is 0 Å². The summed E-state index contributed by atoms with van der Waals surface area (Å²) in [6, 6.07) is -1.25. The Labute approximate surface area is 217 Å². The molecular weight excluding hydrogens is 540 g/mol. The molecule has 0 aliphatic carbocycles. The van der Waals surface area contributed by atoms with Crippen LogP contribution in [0.15, 0.2) is 16.7 Å². The normalized spacial score (nSPS) is 18.5. The number of esters is 1.